The number of alkyl halides is 2. The maximum absolute atomic E-state index is 13.3. The largest absolute Gasteiger partial charge is 0.491 e. The monoisotopic (exact) mass is 421 g/mol. The van der Waals surface area contributed by atoms with E-state index in [9.17, 15) is 18.4 Å². The van der Waals surface area contributed by atoms with Crippen LogP contribution in [0.25, 0.3) is 11.4 Å². The molecule has 1 saturated heterocycles. The number of rotatable bonds is 5. The molecule has 9 nitrogen and oxygen atoms in total. The van der Waals surface area contributed by atoms with Crippen molar-refractivity contribution in [3.63, 3.8) is 0 Å². The number of fused-ring (bicyclic) bond motifs is 3. The van der Waals surface area contributed by atoms with Gasteiger partial charge in [-0.1, -0.05) is 0 Å². The van der Waals surface area contributed by atoms with Crippen LogP contribution >= 0.6 is 0 Å². The molecule has 30 heavy (non-hydrogen) atoms. The van der Waals surface area contributed by atoms with Gasteiger partial charge in [-0.3, -0.25) is 4.79 Å². The Morgan fingerprint density at radius 3 is 2.83 bits per heavy atom. The van der Waals surface area contributed by atoms with Crippen molar-refractivity contribution in [3.05, 3.63) is 24.4 Å². The molecule has 0 radical (unpaired) electrons. The van der Waals surface area contributed by atoms with Crippen LogP contribution in [-0.4, -0.2) is 52.8 Å². The predicted octanol–water partition coefficient (Wildman–Crippen LogP) is 2.21. The minimum absolute atomic E-state index is 0.0997. The zero-order valence-corrected chi connectivity index (χ0v) is 16.4. The van der Waals surface area contributed by atoms with Crippen molar-refractivity contribution in [3.8, 4) is 17.1 Å². The third-order valence-electron chi connectivity index (χ3n) is 5.09. The number of nitrogens with zero attached hydrogens (tertiary/aromatic N) is 3. The minimum atomic E-state index is -2.75. The number of aromatic nitrogens is 2. The fourth-order valence-electron chi connectivity index (χ4n) is 3.37. The van der Waals surface area contributed by atoms with Crippen LogP contribution in [0.15, 0.2) is 24.4 Å². The first-order valence-corrected chi connectivity index (χ1v) is 9.34. The Labute approximate surface area is 170 Å². The molecule has 0 aliphatic carbocycles. The molecule has 0 unspecified atom stereocenters. The van der Waals surface area contributed by atoms with Crippen LogP contribution in [0.5, 0.6) is 5.75 Å². The van der Waals surface area contributed by atoms with Crippen LogP contribution in [0.4, 0.5) is 25.1 Å². The SMILES string of the molecule is CC(C)(Nc1ccc2c(c1)OCCn1cc(N3C(=O)OC[C@H]3C(F)F)nc1-2)C(N)=O. The highest BCUT2D eigenvalue weighted by atomic mass is 19.3. The van der Waals surface area contributed by atoms with Crippen molar-refractivity contribution in [1.82, 2.24) is 9.55 Å². The van der Waals surface area contributed by atoms with Gasteiger partial charge in [-0.05, 0) is 26.0 Å². The third-order valence-corrected chi connectivity index (χ3v) is 5.09. The van der Waals surface area contributed by atoms with E-state index < -0.39 is 30.0 Å². The molecule has 2 aliphatic heterocycles. The molecule has 1 fully saturated rings. The topological polar surface area (TPSA) is 112 Å². The van der Waals surface area contributed by atoms with Gasteiger partial charge < -0.3 is 25.1 Å². The molecular formula is C19H21F2N5O4. The van der Waals surface area contributed by atoms with Crippen molar-refractivity contribution < 1.29 is 27.8 Å². The molecule has 3 N–H and O–H groups in total. The summed E-state index contributed by atoms with van der Waals surface area (Å²) in [6.45, 7) is 3.66. The molecule has 1 aromatic carbocycles. The van der Waals surface area contributed by atoms with E-state index in [1.165, 1.54) is 6.20 Å². The van der Waals surface area contributed by atoms with E-state index in [0.717, 1.165) is 4.90 Å². The normalized spacial score (nSPS) is 18.4. The number of anilines is 2. The van der Waals surface area contributed by atoms with E-state index in [4.69, 9.17) is 15.2 Å². The highest BCUT2D eigenvalue weighted by Crippen LogP contribution is 2.37. The fourth-order valence-corrected chi connectivity index (χ4v) is 3.37. The molecule has 1 aromatic heterocycles. The molecule has 4 rings (SSSR count). The number of carbonyl (C=O) groups is 2. The number of carbonyl (C=O) groups excluding carboxylic acids is 2. The van der Waals surface area contributed by atoms with Crippen LogP contribution < -0.4 is 20.7 Å². The summed E-state index contributed by atoms with van der Waals surface area (Å²) >= 11 is 0. The summed E-state index contributed by atoms with van der Waals surface area (Å²) < 4.78 is 39.0. The molecule has 11 heteroatoms. The number of nitrogens with one attached hydrogen (secondary N) is 1. The number of halogens is 2. The van der Waals surface area contributed by atoms with Gasteiger partial charge in [-0.15, -0.1) is 0 Å². The van der Waals surface area contributed by atoms with Gasteiger partial charge in [0.15, 0.2) is 5.82 Å². The Hall–Kier alpha value is -3.37. The Morgan fingerprint density at radius 2 is 2.13 bits per heavy atom. The molecule has 2 aromatic rings. The number of amides is 2. The number of benzene rings is 1. The van der Waals surface area contributed by atoms with Gasteiger partial charge in [0.1, 0.15) is 36.4 Å². The second-order valence-electron chi connectivity index (χ2n) is 7.64. The third kappa shape index (κ3) is 3.40. The minimum Gasteiger partial charge on any atom is -0.491 e. The lowest BCUT2D eigenvalue weighted by atomic mass is 10.0. The van der Waals surface area contributed by atoms with Gasteiger partial charge in [-0.2, -0.15) is 0 Å². The van der Waals surface area contributed by atoms with Crippen molar-refractivity contribution in [1.29, 1.82) is 0 Å². The summed E-state index contributed by atoms with van der Waals surface area (Å²) in [4.78, 5) is 28.9. The second-order valence-corrected chi connectivity index (χ2v) is 7.64. The van der Waals surface area contributed by atoms with Gasteiger partial charge >= 0.3 is 6.09 Å². The molecule has 0 bridgehead atoms. The first-order valence-electron chi connectivity index (χ1n) is 9.34. The fraction of sp³-hybridized carbons (Fsp3) is 0.421. The van der Waals surface area contributed by atoms with E-state index in [-0.39, 0.29) is 12.4 Å². The average molecular weight is 421 g/mol. The smallest absolute Gasteiger partial charge is 0.416 e. The quantitative estimate of drug-likeness (QED) is 0.766. The van der Waals surface area contributed by atoms with Crippen molar-refractivity contribution >= 4 is 23.5 Å². The number of hydrogen-bond acceptors (Lipinski definition) is 6. The van der Waals surface area contributed by atoms with Crippen LogP contribution in [0, 0.1) is 0 Å². The van der Waals surface area contributed by atoms with Gasteiger partial charge in [0.25, 0.3) is 6.43 Å². The number of primary amides is 1. The molecule has 3 heterocycles. The lowest BCUT2D eigenvalue weighted by molar-refractivity contribution is -0.121. The maximum atomic E-state index is 13.3. The van der Waals surface area contributed by atoms with Gasteiger partial charge in [0.2, 0.25) is 5.91 Å². The van der Waals surface area contributed by atoms with E-state index in [1.54, 1.807) is 36.6 Å². The number of imidazole rings is 1. The molecule has 0 saturated carbocycles. The van der Waals surface area contributed by atoms with Crippen LogP contribution in [0.1, 0.15) is 13.8 Å². The molecule has 2 aliphatic rings. The summed E-state index contributed by atoms with van der Waals surface area (Å²) in [7, 11) is 0. The zero-order valence-electron chi connectivity index (χ0n) is 16.4. The Morgan fingerprint density at radius 1 is 1.37 bits per heavy atom. The van der Waals surface area contributed by atoms with Crippen molar-refractivity contribution in [2.45, 2.75) is 38.4 Å². The van der Waals surface area contributed by atoms with E-state index in [1.807, 2.05) is 0 Å². The lowest BCUT2D eigenvalue weighted by Gasteiger charge is -2.24. The Bertz CT molecular complexity index is 1010. The number of nitrogens with two attached hydrogens (primary N) is 1. The highest BCUT2D eigenvalue weighted by molar-refractivity contribution is 5.90. The van der Waals surface area contributed by atoms with Gasteiger partial charge in [0.05, 0.1) is 12.1 Å². The first kappa shape index (κ1) is 19.9. The summed E-state index contributed by atoms with van der Waals surface area (Å²) in [6.07, 6.45) is -2.06. The number of ether oxygens (including phenoxy) is 2. The molecule has 2 amide bonds. The van der Waals surface area contributed by atoms with Crippen molar-refractivity contribution in [2.24, 2.45) is 5.73 Å². The maximum Gasteiger partial charge on any atom is 0.416 e. The summed E-state index contributed by atoms with van der Waals surface area (Å²) in [5, 5.41) is 3.05. The summed E-state index contributed by atoms with van der Waals surface area (Å²) in [5.74, 6) is 0.573. The first-order chi connectivity index (χ1) is 14.2. The molecule has 0 spiro atoms. The van der Waals surface area contributed by atoms with Crippen molar-refractivity contribution in [2.75, 3.05) is 23.4 Å². The Balaban J connectivity index is 1.69. The van der Waals surface area contributed by atoms with Crippen LogP contribution in [0.2, 0.25) is 0 Å². The zero-order chi connectivity index (χ0) is 21.6. The van der Waals surface area contributed by atoms with E-state index in [0.29, 0.717) is 36.0 Å². The average Bonchev–Trinajstić information content (AvgIpc) is 3.21. The summed E-state index contributed by atoms with van der Waals surface area (Å²) in [6, 6.07) is 3.82. The van der Waals surface area contributed by atoms with Crippen LogP contribution in [0.3, 0.4) is 0 Å². The predicted molar refractivity (Wildman–Crippen MR) is 104 cm³/mol. The van der Waals surface area contributed by atoms with Gasteiger partial charge in [-0.25, -0.2) is 23.5 Å². The van der Waals surface area contributed by atoms with E-state index in [2.05, 4.69) is 10.3 Å². The van der Waals surface area contributed by atoms with Gasteiger partial charge in [0, 0.05) is 18.0 Å². The standard InChI is InChI=1S/C19H21F2N5O4/c1-19(2,17(22)27)24-10-3-4-11-13(7-10)29-6-5-25-8-14(23-16(11)25)26-12(15(20)21)9-30-18(26)28/h3-4,7-8,12,15,24H,5-6,9H2,1-2H3,(H2,22,27)/t12-/m0/s1. The Kier molecular flexibility index (Phi) is 4.75. The van der Waals surface area contributed by atoms with E-state index >= 15 is 0 Å². The molecule has 1 atom stereocenters. The summed E-state index contributed by atoms with van der Waals surface area (Å²) in [5.41, 5.74) is 5.69. The van der Waals surface area contributed by atoms with Crippen LogP contribution in [-0.2, 0) is 16.1 Å². The molecule has 160 valence electrons. The number of hydrogen-bond donors (Lipinski definition) is 2. The lowest BCUT2D eigenvalue weighted by Crippen LogP contribution is -2.45. The molecular weight excluding hydrogens is 400 g/mol. The number of cyclic esters (lactones) is 1. The highest BCUT2D eigenvalue weighted by Gasteiger charge is 2.42. The second kappa shape index (κ2) is 7.15.